The highest BCUT2D eigenvalue weighted by molar-refractivity contribution is 5.95. The van der Waals surface area contributed by atoms with E-state index in [1.807, 2.05) is 49.9 Å². The Labute approximate surface area is 119 Å². The lowest BCUT2D eigenvalue weighted by Gasteiger charge is -2.17. The lowest BCUT2D eigenvalue weighted by molar-refractivity contribution is 0.0963. The molecule has 5 heteroatoms. The van der Waals surface area contributed by atoms with Crippen molar-refractivity contribution >= 4 is 11.6 Å². The second-order valence-corrected chi connectivity index (χ2v) is 4.87. The Morgan fingerprint density at radius 1 is 1.40 bits per heavy atom. The van der Waals surface area contributed by atoms with Gasteiger partial charge in [-0.15, -0.1) is 0 Å². The normalized spacial score (nSPS) is 12.0. The summed E-state index contributed by atoms with van der Waals surface area (Å²) in [5.74, 6) is 0.868. The number of anilines is 1. The third-order valence-corrected chi connectivity index (χ3v) is 3.34. The first-order valence-electron chi connectivity index (χ1n) is 6.59. The van der Waals surface area contributed by atoms with Gasteiger partial charge in [-0.1, -0.05) is 6.07 Å². The summed E-state index contributed by atoms with van der Waals surface area (Å²) in [5, 5.41) is 6.04. The maximum Gasteiger partial charge on any atom is 0.251 e. The van der Waals surface area contributed by atoms with Gasteiger partial charge in [0.2, 0.25) is 0 Å². The Hall–Kier alpha value is -2.30. The van der Waals surface area contributed by atoms with Gasteiger partial charge in [-0.05, 0) is 31.5 Å². The molecule has 1 atom stereocenters. The number of nitrogens with zero attached hydrogens (tertiary/aromatic N) is 2. The minimum atomic E-state index is -0.0855. The van der Waals surface area contributed by atoms with E-state index in [1.165, 1.54) is 0 Å². The number of carbonyl (C=O) groups is 1. The van der Waals surface area contributed by atoms with Crippen molar-refractivity contribution in [2.75, 3.05) is 12.4 Å². The fourth-order valence-corrected chi connectivity index (χ4v) is 2.16. The van der Waals surface area contributed by atoms with Crippen LogP contribution in [-0.4, -0.2) is 22.5 Å². The van der Waals surface area contributed by atoms with Crippen LogP contribution in [-0.2, 0) is 7.05 Å². The lowest BCUT2D eigenvalue weighted by atomic mass is 10.1. The van der Waals surface area contributed by atoms with Crippen molar-refractivity contribution in [2.24, 2.45) is 7.05 Å². The standard InChI is InChI=1S/C15H20N4O/c1-10-5-6-12(15(20)16-3)9-13(10)18-11(2)14-17-7-8-19(14)4/h5-9,11,18H,1-4H3,(H,16,20). The number of aromatic nitrogens is 2. The number of aryl methyl sites for hydroxylation is 2. The SMILES string of the molecule is CNC(=O)c1ccc(C)c(NC(C)c2nccn2C)c1. The molecule has 0 radical (unpaired) electrons. The Kier molecular flexibility index (Phi) is 4.08. The van der Waals surface area contributed by atoms with E-state index >= 15 is 0 Å². The molecule has 20 heavy (non-hydrogen) atoms. The van der Waals surface area contributed by atoms with Gasteiger partial charge >= 0.3 is 0 Å². The van der Waals surface area contributed by atoms with E-state index < -0.39 is 0 Å². The summed E-state index contributed by atoms with van der Waals surface area (Å²) in [7, 11) is 3.60. The first kappa shape index (κ1) is 14.1. The summed E-state index contributed by atoms with van der Waals surface area (Å²) in [6.07, 6.45) is 3.70. The van der Waals surface area contributed by atoms with Gasteiger partial charge in [0.1, 0.15) is 5.82 Å². The van der Waals surface area contributed by atoms with Crippen LogP contribution in [0.3, 0.4) is 0 Å². The molecule has 0 aliphatic heterocycles. The molecule has 1 aromatic heterocycles. The van der Waals surface area contributed by atoms with Crippen molar-refractivity contribution in [1.29, 1.82) is 0 Å². The predicted molar refractivity (Wildman–Crippen MR) is 79.8 cm³/mol. The second-order valence-electron chi connectivity index (χ2n) is 4.87. The smallest absolute Gasteiger partial charge is 0.251 e. The van der Waals surface area contributed by atoms with Crippen molar-refractivity contribution in [3.8, 4) is 0 Å². The molecule has 106 valence electrons. The Bertz CT molecular complexity index is 618. The molecule has 1 heterocycles. The number of hydrogen-bond donors (Lipinski definition) is 2. The molecular formula is C15H20N4O. The molecule has 2 aromatic rings. The number of benzene rings is 1. The minimum absolute atomic E-state index is 0.0636. The number of rotatable bonds is 4. The van der Waals surface area contributed by atoms with Crippen LogP contribution in [0.4, 0.5) is 5.69 Å². The minimum Gasteiger partial charge on any atom is -0.375 e. The van der Waals surface area contributed by atoms with E-state index in [9.17, 15) is 4.79 Å². The fraction of sp³-hybridized carbons (Fsp3) is 0.333. The van der Waals surface area contributed by atoms with Crippen molar-refractivity contribution in [2.45, 2.75) is 19.9 Å². The molecule has 0 fully saturated rings. The maximum absolute atomic E-state index is 11.7. The van der Waals surface area contributed by atoms with Crippen LogP contribution < -0.4 is 10.6 Å². The van der Waals surface area contributed by atoms with Crippen LogP contribution in [0, 0.1) is 6.92 Å². The van der Waals surface area contributed by atoms with Gasteiger partial charge < -0.3 is 15.2 Å². The van der Waals surface area contributed by atoms with Gasteiger partial charge in [0.25, 0.3) is 5.91 Å². The lowest BCUT2D eigenvalue weighted by Crippen LogP contribution is -2.18. The summed E-state index contributed by atoms with van der Waals surface area (Å²) in [4.78, 5) is 16.0. The Morgan fingerprint density at radius 3 is 2.75 bits per heavy atom. The average molecular weight is 272 g/mol. The van der Waals surface area contributed by atoms with Crippen LogP contribution in [0.25, 0.3) is 0 Å². The molecule has 0 saturated heterocycles. The highest BCUT2D eigenvalue weighted by atomic mass is 16.1. The number of hydrogen-bond acceptors (Lipinski definition) is 3. The molecule has 2 rings (SSSR count). The third-order valence-electron chi connectivity index (χ3n) is 3.34. The summed E-state index contributed by atoms with van der Waals surface area (Å²) < 4.78 is 1.98. The van der Waals surface area contributed by atoms with E-state index in [0.717, 1.165) is 17.1 Å². The third kappa shape index (κ3) is 2.82. The molecule has 0 aliphatic rings. The highest BCUT2D eigenvalue weighted by Gasteiger charge is 2.12. The summed E-state index contributed by atoms with van der Waals surface area (Å²) in [5.41, 5.74) is 2.69. The molecule has 0 aliphatic carbocycles. The molecule has 0 saturated carbocycles. The number of amides is 1. The van der Waals surface area contributed by atoms with E-state index in [0.29, 0.717) is 5.56 Å². The largest absolute Gasteiger partial charge is 0.375 e. The van der Waals surface area contributed by atoms with Gasteiger partial charge in [-0.2, -0.15) is 0 Å². The summed E-state index contributed by atoms with van der Waals surface area (Å²) in [6.45, 7) is 4.06. The number of nitrogens with one attached hydrogen (secondary N) is 2. The first-order valence-corrected chi connectivity index (χ1v) is 6.59. The van der Waals surface area contributed by atoms with E-state index in [1.54, 1.807) is 13.2 Å². The second kappa shape index (κ2) is 5.77. The average Bonchev–Trinajstić information content (AvgIpc) is 2.86. The maximum atomic E-state index is 11.7. The molecule has 1 aromatic carbocycles. The van der Waals surface area contributed by atoms with E-state index in [2.05, 4.69) is 15.6 Å². The topological polar surface area (TPSA) is 59.0 Å². The van der Waals surface area contributed by atoms with Crippen LogP contribution >= 0.6 is 0 Å². The number of imidazole rings is 1. The first-order chi connectivity index (χ1) is 9.52. The quantitative estimate of drug-likeness (QED) is 0.897. The zero-order valence-electron chi connectivity index (χ0n) is 12.3. The molecule has 0 spiro atoms. The van der Waals surface area contributed by atoms with Crippen LogP contribution in [0.5, 0.6) is 0 Å². The Morgan fingerprint density at radius 2 is 2.15 bits per heavy atom. The van der Waals surface area contributed by atoms with E-state index in [-0.39, 0.29) is 11.9 Å². The van der Waals surface area contributed by atoms with Crippen molar-refractivity contribution in [1.82, 2.24) is 14.9 Å². The van der Waals surface area contributed by atoms with Crippen LogP contribution in [0.1, 0.15) is 34.7 Å². The molecular weight excluding hydrogens is 252 g/mol. The van der Waals surface area contributed by atoms with Crippen molar-refractivity contribution in [3.63, 3.8) is 0 Å². The summed E-state index contributed by atoms with van der Waals surface area (Å²) >= 11 is 0. The van der Waals surface area contributed by atoms with Gasteiger partial charge in [0.05, 0.1) is 6.04 Å². The van der Waals surface area contributed by atoms with Gasteiger partial charge in [0, 0.05) is 37.7 Å². The zero-order chi connectivity index (χ0) is 14.7. The van der Waals surface area contributed by atoms with Crippen molar-refractivity contribution in [3.05, 3.63) is 47.5 Å². The molecule has 2 N–H and O–H groups in total. The fourth-order valence-electron chi connectivity index (χ4n) is 2.16. The zero-order valence-corrected chi connectivity index (χ0v) is 12.3. The molecule has 1 unspecified atom stereocenters. The van der Waals surface area contributed by atoms with E-state index in [4.69, 9.17) is 0 Å². The van der Waals surface area contributed by atoms with Crippen molar-refractivity contribution < 1.29 is 4.79 Å². The monoisotopic (exact) mass is 272 g/mol. The van der Waals surface area contributed by atoms with Gasteiger partial charge in [-0.3, -0.25) is 4.79 Å². The van der Waals surface area contributed by atoms with Gasteiger partial charge in [0.15, 0.2) is 0 Å². The Balaban J connectivity index is 2.24. The predicted octanol–water partition coefficient (Wildman–Crippen LogP) is 2.26. The number of carbonyl (C=O) groups excluding carboxylic acids is 1. The highest BCUT2D eigenvalue weighted by Crippen LogP contribution is 2.22. The summed E-state index contributed by atoms with van der Waals surface area (Å²) in [6, 6.07) is 5.70. The molecule has 1 amide bonds. The van der Waals surface area contributed by atoms with Crippen LogP contribution in [0.15, 0.2) is 30.6 Å². The molecule has 0 bridgehead atoms. The van der Waals surface area contributed by atoms with Gasteiger partial charge in [-0.25, -0.2) is 4.98 Å². The molecule has 5 nitrogen and oxygen atoms in total. The van der Waals surface area contributed by atoms with Crippen LogP contribution in [0.2, 0.25) is 0 Å².